The highest BCUT2D eigenvalue weighted by Gasteiger charge is 2.02. The largest absolute Gasteiger partial charge is 0.340 e. The summed E-state index contributed by atoms with van der Waals surface area (Å²) >= 11 is 5.65. The fourth-order valence-electron chi connectivity index (χ4n) is 1.29. The summed E-state index contributed by atoms with van der Waals surface area (Å²) in [5, 5.41) is 11.7. The van der Waals surface area contributed by atoms with Crippen molar-refractivity contribution in [3.8, 4) is 6.07 Å². The standard InChI is InChI=1S/C12H7ClFN3/c13-10-6-8(4-5-11(10)14)16-12-3-1-2-9(7-15)17-12/h1-6H,(H,16,17). The van der Waals surface area contributed by atoms with Crippen LogP contribution in [0.1, 0.15) is 5.69 Å². The number of rotatable bonds is 2. The SMILES string of the molecule is N#Cc1cccc(Nc2ccc(F)c(Cl)c2)n1. The number of nitrogens with zero attached hydrogens (tertiary/aromatic N) is 2. The topological polar surface area (TPSA) is 48.7 Å². The van der Waals surface area contributed by atoms with Gasteiger partial charge >= 0.3 is 0 Å². The zero-order valence-corrected chi connectivity index (χ0v) is 9.37. The fraction of sp³-hybridized carbons (Fsp3) is 0. The molecule has 1 heterocycles. The van der Waals surface area contributed by atoms with Crippen LogP contribution in [-0.2, 0) is 0 Å². The van der Waals surface area contributed by atoms with E-state index in [9.17, 15) is 4.39 Å². The van der Waals surface area contributed by atoms with Crippen molar-refractivity contribution in [1.29, 1.82) is 5.26 Å². The van der Waals surface area contributed by atoms with Crippen LogP contribution in [0.15, 0.2) is 36.4 Å². The van der Waals surface area contributed by atoms with Crippen molar-refractivity contribution in [1.82, 2.24) is 4.98 Å². The second-order valence-electron chi connectivity index (χ2n) is 3.27. The Morgan fingerprint density at radius 2 is 2.12 bits per heavy atom. The predicted octanol–water partition coefficient (Wildman–Crippen LogP) is 3.49. The number of aromatic nitrogens is 1. The summed E-state index contributed by atoms with van der Waals surface area (Å²) in [4.78, 5) is 4.03. The number of pyridine rings is 1. The van der Waals surface area contributed by atoms with E-state index in [2.05, 4.69) is 10.3 Å². The quantitative estimate of drug-likeness (QED) is 0.884. The van der Waals surface area contributed by atoms with Crippen molar-refractivity contribution in [2.75, 3.05) is 5.32 Å². The van der Waals surface area contributed by atoms with Gasteiger partial charge in [-0.05, 0) is 30.3 Å². The maximum absolute atomic E-state index is 12.9. The third kappa shape index (κ3) is 2.71. The first-order chi connectivity index (χ1) is 8.19. The molecule has 0 saturated heterocycles. The van der Waals surface area contributed by atoms with E-state index in [0.717, 1.165) is 0 Å². The van der Waals surface area contributed by atoms with E-state index >= 15 is 0 Å². The summed E-state index contributed by atoms with van der Waals surface area (Å²) in [6, 6.07) is 11.2. The Morgan fingerprint density at radius 3 is 2.82 bits per heavy atom. The lowest BCUT2D eigenvalue weighted by Crippen LogP contribution is -1.95. The van der Waals surface area contributed by atoms with Gasteiger partial charge in [0.05, 0.1) is 5.02 Å². The normalized spacial score (nSPS) is 9.71. The van der Waals surface area contributed by atoms with Gasteiger partial charge in [0.15, 0.2) is 0 Å². The molecule has 2 rings (SSSR count). The number of benzene rings is 1. The van der Waals surface area contributed by atoms with Gasteiger partial charge in [-0.25, -0.2) is 9.37 Å². The third-order valence-corrected chi connectivity index (χ3v) is 2.35. The summed E-state index contributed by atoms with van der Waals surface area (Å²) < 4.78 is 12.9. The third-order valence-electron chi connectivity index (χ3n) is 2.06. The Hall–Kier alpha value is -2.12. The first-order valence-electron chi connectivity index (χ1n) is 4.78. The van der Waals surface area contributed by atoms with E-state index in [1.54, 1.807) is 24.3 Å². The highest BCUT2D eigenvalue weighted by atomic mass is 35.5. The molecule has 0 aliphatic heterocycles. The van der Waals surface area contributed by atoms with Crippen LogP contribution in [0, 0.1) is 17.1 Å². The molecule has 0 radical (unpaired) electrons. The molecule has 84 valence electrons. The molecule has 0 aliphatic rings. The minimum absolute atomic E-state index is 0.0337. The first kappa shape index (κ1) is 11.4. The maximum atomic E-state index is 12.9. The molecule has 0 fully saturated rings. The van der Waals surface area contributed by atoms with Crippen molar-refractivity contribution in [3.63, 3.8) is 0 Å². The average molecular weight is 248 g/mol. The van der Waals surface area contributed by atoms with Crippen molar-refractivity contribution in [2.24, 2.45) is 0 Å². The Labute approximate surface area is 102 Å². The molecule has 0 unspecified atom stereocenters. The van der Waals surface area contributed by atoms with Crippen molar-refractivity contribution in [3.05, 3.63) is 52.9 Å². The Kier molecular flexibility index (Phi) is 3.22. The van der Waals surface area contributed by atoms with Crippen LogP contribution in [0.3, 0.4) is 0 Å². The van der Waals surface area contributed by atoms with Crippen LogP contribution in [0.4, 0.5) is 15.9 Å². The molecule has 5 heteroatoms. The molecule has 1 aromatic carbocycles. The zero-order valence-electron chi connectivity index (χ0n) is 8.61. The second-order valence-corrected chi connectivity index (χ2v) is 3.68. The molecule has 0 amide bonds. The zero-order chi connectivity index (χ0) is 12.3. The molecule has 0 aliphatic carbocycles. The van der Waals surface area contributed by atoms with Crippen molar-refractivity contribution in [2.45, 2.75) is 0 Å². The lowest BCUT2D eigenvalue weighted by Gasteiger charge is -2.06. The summed E-state index contributed by atoms with van der Waals surface area (Å²) in [6.07, 6.45) is 0. The number of halogens is 2. The highest BCUT2D eigenvalue weighted by Crippen LogP contribution is 2.21. The van der Waals surface area contributed by atoms with E-state index < -0.39 is 5.82 Å². The number of anilines is 2. The van der Waals surface area contributed by atoms with Gasteiger partial charge in [-0.15, -0.1) is 0 Å². The van der Waals surface area contributed by atoms with Gasteiger partial charge in [0.1, 0.15) is 23.4 Å². The number of nitriles is 1. The number of hydrogen-bond acceptors (Lipinski definition) is 3. The van der Waals surface area contributed by atoms with Crippen LogP contribution < -0.4 is 5.32 Å². The molecule has 3 nitrogen and oxygen atoms in total. The Balaban J connectivity index is 2.25. The second kappa shape index (κ2) is 4.81. The van der Waals surface area contributed by atoms with E-state index in [1.165, 1.54) is 12.1 Å². The van der Waals surface area contributed by atoms with Crippen molar-refractivity contribution < 1.29 is 4.39 Å². The molecular formula is C12H7ClFN3. The number of nitrogens with one attached hydrogen (secondary N) is 1. The summed E-state index contributed by atoms with van der Waals surface area (Å²) in [5.74, 6) is 0.0303. The smallest absolute Gasteiger partial charge is 0.142 e. The van der Waals surface area contributed by atoms with E-state index in [0.29, 0.717) is 17.2 Å². The molecular weight excluding hydrogens is 241 g/mol. The predicted molar refractivity (Wildman–Crippen MR) is 63.6 cm³/mol. The highest BCUT2D eigenvalue weighted by molar-refractivity contribution is 6.31. The molecule has 0 saturated carbocycles. The lowest BCUT2D eigenvalue weighted by atomic mass is 10.3. The van der Waals surface area contributed by atoms with Gasteiger partial charge in [-0.3, -0.25) is 0 Å². The van der Waals surface area contributed by atoms with Crippen molar-refractivity contribution >= 4 is 23.1 Å². The van der Waals surface area contributed by atoms with E-state index in [4.69, 9.17) is 16.9 Å². The molecule has 17 heavy (non-hydrogen) atoms. The first-order valence-corrected chi connectivity index (χ1v) is 5.16. The van der Waals surface area contributed by atoms with Crippen LogP contribution in [0.5, 0.6) is 0 Å². The van der Waals surface area contributed by atoms with Crippen LogP contribution in [0.25, 0.3) is 0 Å². The van der Waals surface area contributed by atoms with Gasteiger partial charge < -0.3 is 5.32 Å². The average Bonchev–Trinajstić information content (AvgIpc) is 2.34. The maximum Gasteiger partial charge on any atom is 0.142 e. The summed E-state index contributed by atoms with van der Waals surface area (Å²) in [5.41, 5.74) is 0.919. The molecule has 0 bridgehead atoms. The lowest BCUT2D eigenvalue weighted by molar-refractivity contribution is 0.628. The molecule has 0 spiro atoms. The van der Waals surface area contributed by atoms with Crippen LogP contribution in [0.2, 0.25) is 5.02 Å². The minimum atomic E-state index is -0.476. The fourth-order valence-corrected chi connectivity index (χ4v) is 1.47. The van der Waals surface area contributed by atoms with Gasteiger partial charge in [-0.2, -0.15) is 5.26 Å². The van der Waals surface area contributed by atoms with Gasteiger partial charge in [0.25, 0.3) is 0 Å². The van der Waals surface area contributed by atoms with E-state index in [1.807, 2.05) is 6.07 Å². The van der Waals surface area contributed by atoms with Gasteiger partial charge in [-0.1, -0.05) is 17.7 Å². The summed E-state index contributed by atoms with van der Waals surface area (Å²) in [7, 11) is 0. The minimum Gasteiger partial charge on any atom is -0.340 e. The Bertz CT molecular complexity index is 593. The molecule has 1 aromatic heterocycles. The molecule has 2 aromatic rings. The van der Waals surface area contributed by atoms with E-state index in [-0.39, 0.29) is 5.02 Å². The Morgan fingerprint density at radius 1 is 1.29 bits per heavy atom. The van der Waals surface area contributed by atoms with Crippen LogP contribution in [-0.4, -0.2) is 4.98 Å². The van der Waals surface area contributed by atoms with Gasteiger partial charge in [0, 0.05) is 5.69 Å². The summed E-state index contributed by atoms with van der Waals surface area (Å²) in [6.45, 7) is 0. The van der Waals surface area contributed by atoms with Gasteiger partial charge in [0.2, 0.25) is 0 Å². The van der Waals surface area contributed by atoms with Crippen LogP contribution >= 0.6 is 11.6 Å². The monoisotopic (exact) mass is 247 g/mol. The molecule has 1 N–H and O–H groups in total. The number of hydrogen-bond donors (Lipinski definition) is 1. The molecule has 0 atom stereocenters.